The van der Waals surface area contributed by atoms with Gasteiger partial charge in [0.25, 0.3) is 0 Å². The third-order valence-corrected chi connectivity index (χ3v) is 5.95. The molecule has 0 amide bonds. The van der Waals surface area contributed by atoms with Crippen LogP contribution in [0.3, 0.4) is 0 Å². The molecule has 0 saturated heterocycles. The molecule has 4 aromatic carbocycles. The van der Waals surface area contributed by atoms with E-state index in [1.807, 2.05) is 79.0 Å². The highest BCUT2D eigenvalue weighted by Crippen LogP contribution is 2.45. The topological polar surface area (TPSA) is 16.1 Å². The number of halogens is 2. The van der Waals surface area contributed by atoms with Gasteiger partial charge in [-0.05, 0) is 47.5 Å². The SMILES string of the molecule is Clc1ccc(-c2ccccc2)c(N(c2cccnc2)c2cc(Cl)ccc2-c2ccccc2)c1. The largest absolute Gasteiger partial charge is 0.308 e. The Kier molecular flexibility index (Phi) is 6.12. The molecule has 0 saturated carbocycles. The molecule has 0 aliphatic carbocycles. The van der Waals surface area contributed by atoms with Crippen molar-refractivity contribution in [3.63, 3.8) is 0 Å². The van der Waals surface area contributed by atoms with Crippen molar-refractivity contribution in [3.05, 3.63) is 132 Å². The molecule has 0 unspecified atom stereocenters. The summed E-state index contributed by atoms with van der Waals surface area (Å²) in [5.41, 5.74) is 7.12. The maximum absolute atomic E-state index is 6.54. The molecule has 0 fully saturated rings. The second-order valence-corrected chi connectivity index (χ2v) is 8.47. The number of aromatic nitrogens is 1. The van der Waals surface area contributed by atoms with E-state index in [0.717, 1.165) is 39.3 Å². The number of nitrogens with zero attached hydrogens (tertiary/aromatic N) is 2. The third kappa shape index (κ3) is 4.49. The molecular weight excluding hydrogens is 447 g/mol. The Bertz CT molecular complexity index is 1280. The van der Waals surface area contributed by atoms with Crippen molar-refractivity contribution in [2.75, 3.05) is 4.90 Å². The molecule has 0 aliphatic heterocycles. The summed E-state index contributed by atoms with van der Waals surface area (Å²) in [4.78, 5) is 6.57. The van der Waals surface area contributed by atoms with Gasteiger partial charge in [0.2, 0.25) is 0 Å². The minimum atomic E-state index is 0.655. The zero-order valence-electron chi connectivity index (χ0n) is 17.7. The second kappa shape index (κ2) is 9.50. The molecule has 5 aromatic rings. The van der Waals surface area contributed by atoms with E-state index in [9.17, 15) is 0 Å². The van der Waals surface area contributed by atoms with Crippen LogP contribution in [-0.2, 0) is 0 Å². The monoisotopic (exact) mass is 466 g/mol. The first-order valence-electron chi connectivity index (χ1n) is 10.6. The maximum Gasteiger partial charge on any atom is 0.0645 e. The molecule has 33 heavy (non-hydrogen) atoms. The van der Waals surface area contributed by atoms with Crippen molar-refractivity contribution < 1.29 is 0 Å². The van der Waals surface area contributed by atoms with Crippen molar-refractivity contribution in [3.8, 4) is 22.3 Å². The van der Waals surface area contributed by atoms with Gasteiger partial charge in [-0.15, -0.1) is 0 Å². The van der Waals surface area contributed by atoms with Crippen molar-refractivity contribution >= 4 is 40.3 Å². The lowest BCUT2D eigenvalue weighted by molar-refractivity contribution is 1.23. The van der Waals surface area contributed by atoms with Gasteiger partial charge in [-0.25, -0.2) is 0 Å². The molecule has 1 heterocycles. The normalized spacial score (nSPS) is 10.7. The van der Waals surface area contributed by atoms with Crippen molar-refractivity contribution in [2.45, 2.75) is 0 Å². The van der Waals surface area contributed by atoms with Crippen molar-refractivity contribution in [1.82, 2.24) is 4.98 Å². The van der Waals surface area contributed by atoms with Crippen LogP contribution in [0, 0.1) is 0 Å². The molecule has 1 aromatic heterocycles. The molecule has 0 spiro atoms. The number of hydrogen-bond donors (Lipinski definition) is 0. The molecule has 4 heteroatoms. The van der Waals surface area contributed by atoms with Crippen LogP contribution in [0.25, 0.3) is 22.3 Å². The lowest BCUT2D eigenvalue weighted by atomic mass is 9.99. The smallest absolute Gasteiger partial charge is 0.0645 e. The highest BCUT2D eigenvalue weighted by molar-refractivity contribution is 6.31. The van der Waals surface area contributed by atoms with Gasteiger partial charge < -0.3 is 4.90 Å². The number of benzene rings is 4. The van der Waals surface area contributed by atoms with E-state index < -0.39 is 0 Å². The van der Waals surface area contributed by atoms with Crippen LogP contribution >= 0.6 is 23.2 Å². The number of pyridine rings is 1. The van der Waals surface area contributed by atoms with E-state index in [1.54, 1.807) is 6.20 Å². The Morgan fingerprint density at radius 1 is 0.545 bits per heavy atom. The average molecular weight is 467 g/mol. The summed E-state index contributed by atoms with van der Waals surface area (Å²) in [7, 11) is 0. The molecule has 0 bridgehead atoms. The third-order valence-electron chi connectivity index (χ3n) is 5.48. The molecule has 2 nitrogen and oxygen atoms in total. The average Bonchev–Trinajstić information content (AvgIpc) is 2.86. The highest BCUT2D eigenvalue weighted by atomic mass is 35.5. The fourth-order valence-corrected chi connectivity index (χ4v) is 4.33. The molecule has 160 valence electrons. The van der Waals surface area contributed by atoms with E-state index in [4.69, 9.17) is 23.2 Å². The van der Waals surface area contributed by atoms with Gasteiger partial charge in [-0.3, -0.25) is 4.98 Å². The van der Waals surface area contributed by atoms with E-state index in [1.165, 1.54) is 0 Å². The van der Waals surface area contributed by atoms with E-state index in [2.05, 4.69) is 46.3 Å². The van der Waals surface area contributed by atoms with Gasteiger partial charge in [-0.2, -0.15) is 0 Å². The predicted molar refractivity (Wildman–Crippen MR) is 140 cm³/mol. The first-order chi connectivity index (χ1) is 16.2. The Morgan fingerprint density at radius 3 is 1.52 bits per heavy atom. The Hall–Kier alpha value is -3.59. The second-order valence-electron chi connectivity index (χ2n) is 7.60. The predicted octanol–water partition coefficient (Wildman–Crippen LogP) is 9.19. The van der Waals surface area contributed by atoms with E-state index in [0.29, 0.717) is 10.0 Å². The van der Waals surface area contributed by atoms with Crippen LogP contribution < -0.4 is 4.90 Å². The minimum absolute atomic E-state index is 0.655. The summed E-state index contributed by atoms with van der Waals surface area (Å²) in [5, 5.41) is 1.31. The first-order valence-corrected chi connectivity index (χ1v) is 11.4. The molecule has 0 N–H and O–H groups in total. The van der Waals surface area contributed by atoms with Crippen molar-refractivity contribution in [2.24, 2.45) is 0 Å². The van der Waals surface area contributed by atoms with Gasteiger partial charge in [0.05, 0.1) is 23.3 Å². The van der Waals surface area contributed by atoms with Gasteiger partial charge in [0, 0.05) is 27.4 Å². The van der Waals surface area contributed by atoms with Crippen LogP contribution in [0.1, 0.15) is 0 Å². The van der Waals surface area contributed by atoms with E-state index >= 15 is 0 Å². The molecule has 5 rings (SSSR count). The summed E-state index contributed by atoms with van der Waals surface area (Å²) in [6, 6.07) is 36.5. The van der Waals surface area contributed by atoms with Crippen molar-refractivity contribution in [1.29, 1.82) is 0 Å². The zero-order chi connectivity index (χ0) is 22.6. The van der Waals surface area contributed by atoms with Crippen LogP contribution in [0.5, 0.6) is 0 Å². The van der Waals surface area contributed by atoms with Gasteiger partial charge in [-0.1, -0.05) is 96.0 Å². The lowest BCUT2D eigenvalue weighted by Gasteiger charge is -2.30. The van der Waals surface area contributed by atoms with Crippen LogP contribution in [0.15, 0.2) is 122 Å². The minimum Gasteiger partial charge on any atom is -0.308 e. The number of hydrogen-bond acceptors (Lipinski definition) is 2. The molecule has 0 aliphatic rings. The molecular formula is C29H20Cl2N2. The first kappa shape index (κ1) is 21.3. The summed E-state index contributed by atoms with van der Waals surface area (Å²) in [6.45, 7) is 0. The standard InChI is InChI=1S/C29H20Cl2N2/c30-23-13-15-26(21-8-3-1-4-9-21)28(18-23)33(25-12-7-17-32-20-25)29-19-24(31)14-16-27(29)22-10-5-2-6-11-22/h1-20H. The summed E-state index contributed by atoms with van der Waals surface area (Å²) >= 11 is 13.1. The lowest BCUT2D eigenvalue weighted by Crippen LogP contribution is -2.13. The Morgan fingerprint density at radius 2 is 1.06 bits per heavy atom. The van der Waals surface area contributed by atoms with Crippen LogP contribution in [0.4, 0.5) is 17.1 Å². The zero-order valence-corrected chi connectivity index (χ0v) is 19.2. The van der Waals surface area contributed by atoms with Crippen LogP contribution in [-0.4, -0.2) is 4.98 Å². The van der Waals surface area contributed by atoms with E-state index in [-0.39, 0.29) is 0 Å². The summed E-state index contributed by atoms with van der Waals surface area (Å²) < 4.78 is 0. The highest BCUT2D eigenvalue weighted by Gasteiger charge is 2.21. The molecule has 0 radical (unpaired) electrons. The Balaban J connectivity index is 1.82. The summed E-state index contributed by atoms with van der Waals surface area (Å²) in [6.07, 6.45) is 3.62. The fourth-order valence-electron chi connectivity index (χ4n) is 4.00. The molecule has 0 atom stereocenters. The number of anilines is 3. The maximum atomic E-state index is 6.54. The summed E-state index contributed by atoms with van der Waals surface area (Å²) in [5.74, 6) is 0. The number of rotatable bonds is 5. The fraction of sp³-hybridized carbons (Fsp3) is 0. The quantitative estimate of drug-likeness (QED) is 0.256. The Labute approximate surface area is 203 Å². The van der Waals surface area contributed by atoms with Gasteiger partial charge >= 0.3 is 0 Å². The van der Waals surface area contributed by atoms with Crippen LogP contribution in [0.2, 0.25) is 10.0 Å². The van der Waals surface area contributed by atoms with Gasteiger partial charge in [0.1, 0.15) is 0 Å². The van der Waals surface area contributed by atoms with Gasteiger partial charge in [0.15, 0.2) is 0 Å².